The van der Waals surface area contributed by atoms with Crippen molar-refractivity contribution in [3.05, 3.63) is 69.2 Å². The first kappa shape index (κ1) is 19.0. The number of ether oxygens (including phenoxy) is 1. The molecule has 3 nitrogen and oxygen atoms in total. The number of hydrogen-bond acceptors (Lipinski definition) is 2. The summed E-state index contributed by atoms with van der Waals surface area (Å²) in [5.41, 5.74) is 2.16. The van der Waals surface area contributed by atoms with E-state index in [0.29, 0.717) is 18.1 Å². The van der Waals surface area contributed by atoms with Gasteiger partial charge in [-0.25, -0.2) is 0 Å². The molecule has 0 aliphatic rings. The van der Waals surface area contributed by atoms with Crippen LogP contribution in [0.5, 0.6) is 0 Å². The van der Waals surface area contributed by atoms with E-state index in [1.807, 2.05) is 55.5 Å². The molecule has 0 amide bonds. The van der Waals surface area contributed by atoms with Gasteiger partial charge in [-0.05, 0) is 48.7 Å². The van der Waals surface area contributed by atoms with Gasteiger partial charge in [0.25, 0.3) is 0 Å². The molecule has 2 atom stereocenters. The molecular formula is C19H20BrClO3. The third-order valence-electron chi connectivity index (χ3n) is 3.87. The molecule has 0 aliphatic heterocycles. The van der Waals surface area contributed by atoms with Crippen molar-refractivity contribution in [1.82, 2.24) is 0 Å². The molecule has 24 heavy (non-hydrogen) atoms. The van der Waals surface area contributed by atoms with E-state index in [2.05, 4.69) is 15.9 Å². The van der Waals surface area contributed by atoms with E-state index >= 15 is 0 Å². The highest BCUT2D eigenvalue weighted by Gasteiger charge is 2.26. The van der Waals surface area contributed by atoms with E-state index in [-0.39, 0.29) is 18.4 Å². The Kier molecular flexibility index (Phi) is 7.28. The van der Waals surface area contributed by atoms with Crippen LogP contribution in [0.25, 0.3) is 0 Å². The zero-order valence-corrected chi connectivity index (χ0v) is 15.8. The monoisotopic (exact) mass is 410 g/mol. The quantitative estimate of drug-likeness (QED) is 0.640. The van der Waals surface area contributed by atoms with Gasteiger partial charge in [-0.3, -0.25) is 4.79 Å². The maximum atomic E-state index is 11.3. The normalized spacial score (nSPS) is 13.5. The Bertz CT molecular complexity index is 655. The smallest absolute Gasteiger partial charge is 0.306 e. The van der Waals surface area contributed by atoms with E-state index in [1.54, 1.807) is 0 Å². The second-order valence-electron chi connectivity index (χ2n) is 5.58. The first-order chi connectivity index (χ1) is 11.5. The van der Waals surface area contributed by atoms with Crippen molar-refractivity contribution in [3.8, 4) is 0 Å². The highest BCUT2D eigenvalue weighted by molar-refractivity contribution is 9.10. The van der Waals surface area contributed by atoms with Crippen LogP contribution in [0.15, 0.2) is 53.0 Å². The summed E-state index contributed by atoms with van der Waals surface area (Å²) in [6.07, 6.45) is 0.281. The molecule has 1 unspecified atom stereocenters. The molecule has 128 valence electrons. The fourth-order valence-electron chi connectivity index (χ4n) is 2.75. The topological polar surface area (TPSA) is 46.5 Å². The molecule has 2 aromatic rings. The van der Waals surface area contributed by atoms with Crippen molar-refractivity contribution >= 4 is 33.5 Å². The number of carboxylic acid groups (broad SMARTS) is 1. The minimum atomic E-state index is -0.855. The van der Waals surface area contributed by atoms with Gasteiger partial charge >= 0.3 is 5.97 Å². The molecule has 0 aliphatic carbocycles. The number of carboxylic acids is 1. The molecule has 0 saturated heterocycles. The van der Waals surface area contributed by atoms with Crippen molar-refractivity contribution in [2.24, 2.45) is 0 Å². The van der Waals surface area contributed by atoms with Gasteiger partial charge < -0.3 is 9.84 Å². The fourth-order valence-corrected chi connectivity index (χ4v) is 3.14. The Morgan fingerprint density at radius 3 is 2.33 bits per heavy atom. The predicted octanol–water partition coefficient (Wildman–Crippen LogP) is 5.31. The number of halogens is 2. The number of hydrogen-bond donors (Lipinski definition) is 1. The van der Waals surface area contributed by atoms with Crippen LogP contribution in [-0.4, -0.2) is 23.8 Å². The summed E-state index contributed by atoms with van der Waals surface area (Å²) in [6, 6.07) is 15.6. The first-order valence-electron chi connectivity index (χ1n) is 7.83. The summed E-state index contributed by atoms with van der Waals surface area (Å²) >= 11 is 9.39. The van der Waals surface area contributed by atoms with Crippen LogP contribution in [-0.2, 0) is 16.0 Å². The average Bonchev–Trinajstić information content (AvgIpc) is 2.55. The summed E-state index contributed by atoms with van der Waals surface area (Å²) in [6.45, 7) is 2.36. The summed E-state index contributed by atoms with van der Waals surface area (Å²) in [7, 11) is 0. The summed E-state index contributed by atoms with van der Waals surface area (Å²) in [4.78, 5) is 11.3. The van der Waals surface area contributed by atoms with E-state index < -0.39 is 5.97 Å². The molecular weight excluding hydrogens is 392 g/mol. The molecule has 0 saturated carbocycles. The van der Waals surface area contributed by atoms with Crippen molar-refractivity contribution in [2.75, 3.05) is 6.61 Å². The van der Waals surface area contributed by atoms with Gasteiger partial charge in [0.1, 0.15) is 0 Å². The molecule has 0 radical (unpaired) electrons. The van der Waals surface area contributed by atoms with Crippen LogP contribution in [0.1, 0.15) is 30.4 Å². The molecule has 0 fully saturated rings. The van der Waals surface area contributed by atoms with Gasteiger partial charge in [0.15, 0.2) is 0 Å². The summed E-state index contributed by atoms with van der Waals surface area (Å²) in [5.74, 6) is -0.901. The molecule has 0 aromatic heterocycles. The molecule has 0 spiro atoms. The van der Waals surface area contributed by atoms with Crippen LogP contribution in [0.3, 0.4) is 0 Å². The fraction of sp³-hybridized carbons (Fsp3) is 0.316. The Balaban J connectivity index is 2.32. The lowest BCUT2D eigenvalue weighted by Crippen LogP contribution is -2.27. The van der Waals surface area contributed by atoms with Crippen molar-refractivity contribution < 1.29 is 14.6 Å². The molecule has 5 heteroatoms. The number of rotatable bonds is 8. The SMILES string of the molecule is CCO[C@H](CC(=O)O)C(Cc1ccc(Cl)cc1)c1ccc(Br)cc1. The van der Waals surface area contributed by atoms with E-state index in [4.69, 9.17) is 16.3 Å². The van der Waals surface area contributed by atoms with E-state index in [0.717, 1.165) is 15.6 Å². The highest BCUT2D eigenvalue weighted by Crippen LogP contribution is 2.30. The van der Waals surface area contributed by atoms with Crippen LogP contribution in [0.4, 0.5) is 0 Å². The molecule has 0 bridgehead atoms. The minimum Gasteiger partial charge on any atom is -0.481 e. The zero-order chi connectivity index (χ0) is 17.5. The standard InChI is InChI=1S/C19H20BrClO3/c1-2-24-18(12-19(22)23)17(14-5-7-15(20)8-6-14)11-13-3-9-16(21)10-4-13/h3-10,17-18H,2,11-12H2,1H3,(H,22,23)/t17?,18-/m1/s1. The second-order valence-corrected chi connectivity index (χ2v) is 6.93. The van der Waals surface area contributed by atoms with Crippen molar-refractivity contribution in [2.45, 2.75) is 31.8 Å². The van der Waals surface area contributed by atoms with Gasteiger partial charge in [-0.15, -0.1) is 0 Å². The Hall–Kier alpha value is -1.36. The van der Waals surface area contributed by atoms with Gasteiger partial charge in [0.05, 0.1) is 12.5 Å². The molecule has 2 rings (SSSR count). The Morgan fingerprint density at radius 1 is 1.17 bits per heavy atom. The third kappa shape index (κ3) is 5.62. The lowest BCUT2D eigenvalue weighted by molar-refractivity contribution is -0.140. The van der Waals surface area contributed by atoms with Crippen LogP contribution in [0, 0.1) is 0 Å². The van der Waals surface area contributed by atoms with Crippen LogP contribution >= 0.6 is 27.5 Å². The van der Waals surface area contributed by atoms with E-state index in [1.165, 1.54) is 0 Å². The van der Waals surface area contributed by atoms with Crippen molar-refractivity contribution in [1.29, 1.82) is 0 Å². The Labute approximate surface area is 155 Å². The minimum absolute atomic E-state index is 0.0256. The van der Waals surface area contributed by atoms with Gasteiger partial charge in [0.2, 0.25) is 0 Å². The first-order valence-corrected chi connectivity index (χ1v) is 9.00. The number of carbonyl (C=O) groups is 1. The maximum absolute atomic E-state index is 11.3. The summed E-state index contributed by atoms with van der Waals surface area (Å²) < 4.78 is 6.77. The number of aliphatic carboxylic acids is 1. The van der Waals surface area contributed by atoms with E-state index in [9.17, 15) is 9.90 Å². The highest BCUT2D eigenvalue weighted by atomic mass is 79.9. The largest absolute Gasteiger partial charge is 0.481 e. The average molecular weight is 412 g/mol. The van der Waals surface area contributed by atoms with Crippen molar-refractivity contribution in [3.63, 3.8) is 0 Å². The van der Waals surface area contributed by atoms with Gasteiger partial charge in [-0.2, -0.15) is 0 Å². The maximum Gasteiger partial charge on any atom is 0.306 e. The molecule has 2 aromatic carbocycles. The lowest BCUT2D eigenvalue weighted by atomic mass is 9.86. The molecule has 1 N–H and O–H groups in total. The van der Waals surface area contributed by atoms with Gasteiger partial charge in [-0.1, -0.05) is 51.8 Å². The zero-order valence-electron chi connectivity index (χ0n) is 13.4. The predicted molar refractivity (Wildman–Crippen MR) is 99.7 cm³/mol. The number of benzene rings is 2. The molecule has 0 heterocycles. The lowest BCUT2D eigenvalue weighted by Gasteiger charge is -2.27. The third-order valence-corrected chi connectivity index (χ3v) is 4.65. The Morgan fingerprint density at radius 2 is 1.79 bits per heavy atom. The van der Waals surface area contributed by atoms with Crippen LogP contribution < -0.4 is 0 Å². The summed E-state index contributed by atoms with van der Waals surface area (Å²) in [5, 5.41) is 9.93. The van der Waals surface area contributed by atoms with Crippen LogP contribution in [0.2, 0.25) is 5.02 Å². The van der Waals surface area contributed by atoms with Gasteiger partial charge in [0, 0.05) is 22.0 Å². The second kappa shape index (κ2) is 9.21.